The molecule has 2 N–H and O–H groups in total. The number of ether oxygens (including phenoxy) is 1. The fraction of sp³-hybridized carbons (Fsp3) is 0.360. The summed E-state index contributed by atoms with van der Waals surface area (Å²) in [5.74, 6) is -1.08. The standard InChI is InChI=1S/C25H29NO5/c1-3-4-8-15-26-23(18-12-14-21(31-2)20(28)16-18)22(24(29)25(26)30)19(27)13-11-17-9-6-5-7-10-17/h5-7,9-10,12,14,16,23,28-29H,3-4,8,11,13,15H2,1-2H3. The summed E-state index contributed by atoms with van der Waals surface area (Å²) < 4.78 is 5.11. The number of aryl methyl sites for hydroxylation is 1. The molecule has 0 saturated carbocycles. The van der Waals surface area contributed by atoms with E-state index < -0.39 is 17.7 Å². The summed E-state index contributed by atoms with van der Waals surface area (Å²) in [6, 6.07) is 13.7. The zero-order valence-electron chi connectivity index (χ0n) is 18.0. The SMILES string of the molecule is CCCCCN1C(=O)C(O)=C(C(=O)CCc2ccccc2)C1c1ccc(OC)c(O)c1. The minimum atomic E-state index is -0.732. The number of methoxy groups -OCH3 is 1. The molecule has 1 aliphatic rings. The number of phenolic OH excluding ortho intramolecular Hbond substituents is 1. The molecule has 164 valence electrons. The smallest absolute Gasteiger partial charge is 0.290 e. The molecule has 0 aromatic heterocycles. The molecule has 0 aliphatic carbocycles. The molecule has 3 rings (SSSR count). The number of hydrogen-bond acceptors (Lipinski definition) is 5. The van der Waals surface area contributed by atoms with Gasteiger partial charge in [-0.05, 0) is 36.1 Å². The summed E-state index contributed by atoms with van der Waals surface area (Å²) >= 11 is 0. The lowest BCUT2D eigenvalue weighted by Gasteiger charge is -2.27. The molecule has 0 fully saturated rings. The van der Waals surface area contributed by atoms with Gasteiger partial charge < -0.3 is 19.8 Å². The Kier molecular flexibility index (Phi) is 7.34. The largest absolute Gasteiger partial charge is 0.504 e. The Labute approximate surface area is 182 Å². The van der Waals surface area contributed by atoms with Crippen LogP contribution in [0.25, 0.3) is 0 Å². The zero-order valence-corrected chi connectivity index (χ0v) is 18.0. The lowest BCUT2D eigenvalue weighted by atomic mass is 9.93. The van der Waals surface area contributed by atoms with Crippen molar-refractivity contribution in [2.75, 3.05) is 13.7 Å². The number of hydrogen-bond donors (Lipinski definition) is 2. The first kappa shape index (κ1) is 22.4. The molecule has 1 atom stereocenters. The van der Waals surface area contributed by atoms with E-state index in [1.807, 2.05) is 30.3 Å². The van der Waals surface area contributed by atoms with Crippen LogP contribution in [0, 0.1) is 0 Å². The van der Waals surface area contributed by atoms with Gasteiger partial charge in [-0.3, -0.25) is 9.59 Å². The Bertz CT molecular complexity index is 967. The van der Waals surface area contributed by atoms with Crippen molar-refractivity contribution in [2.45, 2.75) is 45.1 Å². The summed E-state index contributed by atoms with van der Waals surface area (Å²) in [5.41, 5.74) is 1.68. The molecule has 0 saturated heterocycles. The highest BCUT2D eigenvalue weighted by Crippen LogP contribution is 2.41. The first-order valence-electron chi connectivity index (χ1n) is 10.7. The molecule has 1 unspecified atom stereocenters. The van der Waals surface area contributed by atoms with Gasteiger partial charge in [-0.15, -0.1) is 0 Å². The monoisotopic (exact) mass is 423 g/mol. The second kappa shape index (κ2) is 10.2. The second-order valence-electron chi connectivity index (χ2n) is 7.71. The van der Waals surface area contributed by atoms with Crippen molar-refractivity contribution in [1.82, 2.24) is 4.90 Å². The van der Waals surface area contributed by atoms with Gasteiger partial charge in [0.15, 0.2) is 23.0 Å². The number of carbonyl (C=O) groups excluding carboxylic acids is 2. The van der Waals surface area contributed by atoms with Crippen LogP contribution >= 0.6 is 0 Å². The predicted molar refractivity (Wildman–Crippen MR) is 118 cm³/mol. The number of benzene rings is 2. The topological polar surface area (TPSA) is 87.1 Å². The third kappa shape index (κ3) is 4.90. The van der Waals surface area contributed by atoms with Crippen LogP contribution in [0.2, 0.25) is 0 Å². The van der Waals surface area contributed by atoms with Gasteiger partial charge in [-0.1, -0.05) is 56.2 Å². The highest BCUT2D eigenvalue weighted by Gasteiger charge is 2.43. The second-order valence-corrected chi connectivity index (χ2v) is 7.71. The Hall–Kier alpha value is -3.28. The fourth-order valence-electron chi connectivity index (χ4n) is 3.96. The Balaban J connectivity index is 1.92. The third-order valence-electron chi connectivity index (χ3n) is 5.61. The molecule has 6 heteroatoms. The van der Waals surface area contributed by atoms with Crippen LogP contribution in [-0.4, -0.2) is 40.5 Å². The van der Waals surface area contributed by atoms with Crippen LogP contribution in [0.1, 0.15) is 49.8 Å². The Morgan fingerprint density at radius 2 is 1.84 bits per heavy atom. The van der Waals surface area contributed by atoms with Crippen molar-refractivity contribution < 1.29 is 24.5 Å². The highest BCUT2D eigenvalue weighted by atomic mass is 16.5. The van der Waals surface area contributed by atoms with E-state index in [1.54, 1.807) is 12.1 Å². The normalized spacial score (nSPS) is 16.1. The molecule has 6 nitrogen and oxygen atoms in total. The van der Waals surface area contributed by atoms with Crippen molar-refractivity contribution in [3.63, 3.8) is 0 Å². The van der Waals surface area contributed by atoms with Gasteiger partial charge in [0.1, 0.15) is 0 Å². The lowest BCUT2D eigenvalue weighted by molar-refractivity contribution is -0.129. The van der Waals surface area contributed by atoms with E-state index in [0.29, 0.717) is 24.3 Å². The van der Waals surface area contributed by atoms with Crippen molar-refractivity contribution in [2.24, 2.45) is 0 Å². The van der Waals surface area contributed by atoms with E-state index in [0.717, 1.165) is 24.8 Å². The molecule has 1 aliphatic heterocycles. The Morgan fingerprint density at radius 1 is 1.10 bits per heavy atom. The Morgan fingerprint density at radius 3 is 2.48 bits per heavy atom. The van der Waals surface area contributed by atoms with Crippen LogP contribution in [-0.2, 0) is 16.0 Å². The molecule has 31 heavy (non-hydrogen) atoms. The lowest BCUT2D eigenvalue weighted by Crippen LogP contribution is -2.32. The summed E-state index contributed by atoms with van der Waals surface area (Å²) in [4.78, 5) is 27.5. The maximum Gasteiger partial charge on any atom is 0.290 e. The quantitative estimate of drug-likeness (QED) is 0.550. The van der Waals surface area contributed by atoms with Gasteiger partial charge >= 0.3 is 0 Å². The van der Waals surface area contributed by atoms with Gasteiger partial charge in [0.25, 0.3) is 5.91 Å². The zero-order chi connectivity index (χ0) is 22.4. The number of aliphatic hydroxyl groups excluding tert-OH is 1. The van der Waals surface area contributed by atoms with Crippen LogP contribution in [0.15, 0.2) is 59.9 Å². The van der Waals surface area contributed by atoms with Crippen LogP contribution in [0.5, 0.6) is 11.5 Å². The number of amides is 1. The van der Waals surface area contributed by atoms with Gasteiger partial charge in [0.05, 0.1) is 18.7 Å². The van der Waals surface area contributed by atoms with Gasteiger partial charge in [-0.25, -0.2) is 0 Å². The van der Waals surface area contributed by atoms with E-state index in [9.17, 15) is 19.8 Å². The summed E-state index contributed by atoms with van der Waals surface area (Å²) in [7, 11) is 1.45. The van der Waals surface area contributed by atoms with E-state index in [2.05, 4.69) is 6.92 Å². The van der Waals surface area contributed by atoms with E-state index in [4.69, 9.17) is 4.74 Å². The number of phenols is 1. The highest BCUT2D eigenvalue weighted by molar-refractivity contribution is 6.09. The predicted octanol–water partition coefficient (Wildman–Crippen LogP) is 4.49. The third-order valence-corrected chi connectivity index (χ3v) is 5.61. The van der Waals surface area contributed by atoms with Gasteiger partial charge in [0, 0.05) is 13.0 Å². The van der Waals surface area contributed by atoms with Crippen LogP contribution < -0.4 is 4.74 Å². The molecule has 1 amide bonds. The minimum Gasteiger partial charge on any atom is -0.504 e. The molecule has 0 spiro atoms. The first-order chi connectivity index (χ1) is 15.0. The number of unbranched alkanes of at least 4 members (excludes halogenated alkanes) is 2. The number of ketones is 1. The van der Waals surface area contributed by atoms with Crippen molar-refractivity contribution in [1.29, 1.82) is 0 Å². The molecular weight excluding hydrogens is 394 g/mol. The number of carbonyl (C=O) groups is 2. The summed E-state index contributed by atoms with van der Waals surface area (Å²) in [5, 5.41) is 20.9. The summed E-state index contributed by atoms with van der Waals surface area (Å²) in [6.45, 7) is 2.49. The number of rotatable bonds is 10. The molecule has 2 aromatic rings. The van der Waals surface area contributed by atoms with E-state index in [1.165, 1.54) is 18.1 Å². The van der Waals surface area contributed by atoms with E-state index >= 15 is 0 Å². The minimum absolute atomic E-state index is 0.0802. The van der Waals surface area contributed by atoms with Crippen molar-refractivity contribution >= 4 is 11.7 Å². The number of aliphatic hydroxyl groups is 1. The van der Waals surface area contributed by atoms with Crippen LogP contribution in [0.3, 0.4) is 0 Å². The molecule has 2 aromatic carbocycles. The number of nitrogens with zero attached hydrogens (tertiary/aromatic N) is 1. The van der Waals surface area contributed by atoms with Crippen LogP contribution in [0.4, 0.5) is 0 Å². The van der Waals surface area contributed by atoms with E-state index in [-0.39, 0.29) is 23.5 Å². The molecule has 0 bridgehead atoms. The maximum atomic E-state index is 13.2. The van der Waals surface area contributed by atoms with Gasteiger partial charge in [0.2, 0.25) is 0 Å². The van der Waals surface area contributed by atoms with Gasteiger partial charge in [-0.2, -0.15) is 0 Å². The fourth-order valence-corrected chi connectivity index (χ4v) is 3.96. The number of aromatic hydroxyl groups is 1. The first-order valence-corrected chi connectivity index (χ1v) is 10.7. The van der Waals surface area contributed by atoms with Crippen molar-refractivity contribution in [3.8, 4) is 11.5 Å². The average Bonchev–Trinajstić information content (AvgIpc) is 3.03. The molecule has 1 heterocycles. The summed E-state index contributed by atoms with van der Waals surface area (Å²) in [6.07, 6.45) is 3.37. The van der Waals surface area contributed by atoms with Crippen molar-refractivity contribution in [3.05, 3.63) is 71.0 Å². The average molecular weight is 424 g/mol. The number of Topliss-reactive ketones (excluding diaryl/α,β-unsaturated/α-hetero) is 1. The maximum absolute atomic E-state index is 13.2. The molecule has 0 radical (unpaired) electrons. The molecular formula is C25H29NO5.